The molecule has 18 heavy (non-hydrogen) atoms. The van der Waals surface area contributed by atoms with Gasteiger partial charge in [-0.1, -0.05) is 11.6 Å². The van der Waals surface area contributed by atoms with Crippen LogP contribution < -0.4 is 0 Å². The molecule has 9 heteroatoms. The molecule has 0 bridgehead atoms. The quantitative estimate of drug-likeness (QED) is 0.910. The first-order valence-corrected chi connectivity index (χ1v) is 5.04. The third kappa shape index (κ3) is 2.16. The average molecular weight is 279 g/mol. The van der Waals surface area contributed by atoms with Crippen molar-refractivity contribution >= 4 is 11.6 Å². The van der Waals surface area contributed by atoms with Gasteiger partial charge in [0.1, 0.15) is 11.5 Å². The highest BCUT2D eigenvalue weighted by atomic mass is 35.5. The van der Waals surface area contributed by atoms with Crippen LogP contribution in [-0.2, 0) is 12.8 Å². The zero-order valence-corrected chi connectivity index (χ0v) is 9.44. The Morgan fingerprint density at radius 1 is 1.39 bits per heavy atom. The van der Waals surface area contributed by atoms with E-state index in [9.17, 15) is 13.2 Å². The van der Waals surface area contributed by atoms with Gasteiger partial charge >= 0.3 is 6.18 Å². The van der Waals surface area contributed by atoms with Crippen molar-refractivity contribution in [1.82, 2.24) is 19.7 Å². The molecule has 0 unspecified atom stereocenters. The van der Waals surface area contributed by atoms with Crippen molar-refractivity contribution in [2.24, 2.45) is 0 Å². The number of nitrogens with zero attached hydrogens (tertiary/aromatic N) is 4. The lowest BCUT2D eigenvalue weighted by Gasteiger charge is -2.03. The van der Waals surface area contributed by atoms with Gasteiger partial charge < -0.3 is 5.11 Å². The van der Waals surface area contributed by atoms with E-state index in [1.54, 1.807) is 0 Å². The summed E-state index contributed by atoms with van der Waals surface area (Å²) >= 11 is 5.75. The minimum atomic E-state index is -4.69. The van der Waals surface area contributed by atoms with Crippen molar-refractivity contribution in [3.63, 3.8) is 0 Å². The van der Waals surface area contributed by atoms with E-state index in [4.69, 9.17) is 16.7 Å². The Morgan fingerprint density at radius 2 is 2.11 bits per heavy atom. The highest BCUT2D eigenvalue weighted by Crippen LogP contribution is 2.35. The molecule has 0 aromatic carbocycles. The van der Waals surface area contributed by atoms with Crippen LogP contribution in [0.2, 0.25) is 5.15 Å². The highest BCUT2D eigenvalue weighted by molar-refractivity contribution is 6.30. The Morgan fingerprint density at radius 3 is 2.56 bits per heavy atom. The molecule has 2 aromatic rings. The summed E-state index contributed by atoms with van der Waals surface area (Å²) in [6, 6.07) is 1.35. The number of alkyl halides is 3. The summed E-state index contributed by atoms with van der Waals surface area (Å²) in [7, 11) is 0. The van der Waals surface area contributed by atoms with Gasteiger partial charge in [-0.05, 0) is 0 Å². The highest BCUT2D eigenvalue weighted by Gasteiger charge is 2.39. The van der Waals surface area contributed by atoms with Gasteiger partial charge in [0.15, 0.2) is 11.5 Å². The van der Waals surface area contributed by atoms with Crippen molar-refractivity contribution in [2.45, 2.75) is 12.8 Å². The molecule has 2 rings (SSSR count). The molecular formula is C9H6ClF3N4O. The standard InChI is InChI=1S/C9H6ClF3N4O/c10-8-5(3-18)7(9(11,12)13)16-17(8)6-1-2-14-4-15-6/h1-2,4,18H,3H2. The second kappa shape index (κ2) is 4.54. The third-order valence-electron chi connectivity index (χ3n) is 2.13. The molecule has 1 N–H and O–H groups in total. The molecule has 2 heterocycles. The maximum Gasteiger partial charge on any atom is 0.435 e. The molecule has 5 nitrogen and oxygen atoms in total. The lowest BCUT2D eigenvalue weighted by atomic mass is 10.2. The molecule has 0 amide bonds. The fourth-order valence-corrected chi connectivity index (χ4v) is 1.63. The summed E-state index contributed by atoms with van der Waals surface area (Å²) in [6.07, 6.45) is -2.20. The van der Waals surface area contributed by atoms with Crippen LogP contribution >= 0.6 is 11.6 Å². The topological polar surface area (TPSA) is 63.8 Å². The molecule has 0 aliphatic carbocycles. The lowest BCUT2D eigenvalue weighted by Crippen LogP contribution is -2.10. The van der Waals surface area contributed by atoms with Gasteiger partial charge in [-0.15, -0.1) is 0 Å². The summed E-state index contributed by atoms with van der Waals surface area (Å²) in [5.74, 6) is 0.0835. The molecular weight excluding hydrogens is 273 g/mol. The van der Waals surface area contributed by atoms with Gasteiger partial charge in [0, 0.05) is 17.8 Å². The first-order valence-electron chi connectivity index (χ1n) is 4.67. The summed E-state index contributed by atoms with van der Waals surface area (Å²) in [6.45, 7) is -0.862. The first-order chi connectivity index (χ1) is 8.45. The molecule has 0 spiro atoms. The normalized spacial score (nSPS) is 11.8. The van der Waals surface area contributed by atoms with Gasteiger partial charge in [0.05, 0.1) is 6.61 Å². The second-order valence-electron chi connectivity index (χ2n) is 3.25. The molecule has 0 saturated heterocycles. The van der Waals surface area contributed by atoms with Crippen molar-refractivity contribution in [3.8, 4) is 5.82 Å². The Hall–Kier alpha value is -1.67. The van der Waals surface area contributed by atoms with Crippen LogP contribution in [0.15, 0.2) is 18.6 Å². The molecule has 0 fully saturated rings. The van der Waals surface area contributed by atoms with Crippen LogP contribution in [-0.4, -0.2) is 24.9 Å². The van der Waals surface area contributed by atoms with Gasteiger partial charge in [-0.25, -0.2) is 14.6 Å². The number of rotatable bonds is 2. The molecule has 0 radical (unpaired) electrons. The largest absolute Gasteiger partial charge is 0.435 e. The molecule has 2 aromatic heterocycles. The number of aliphatic hydroxyl groups excluding tert-OH is 1. The Bertz CT molecular complexity index is 555. The SMILES string of the molecule is OCc1c(C(F)(F)F)nn(-c2ccncn2)c1Cl. The van der Waals surface area contributed by atoms with E-state index in [-0.39, 0.29) is 11.0 Å². The van der Waals surface area contributed by atoms with Crippen molar-refractivity contribution < 1.29 is 18.3 Å². The first kappa shape index (κ1) is 12.8. The summed E-state index contributed by atoms with van der Waals surface area (Å²) in [5, 5.41) is 12.0. The van der Waals surface area contributed by atoms with Crippen LogP contribution in [0.25, 0.3) is 5.82 Å². The number of hydrogen-bond donors (Lipinski definition) is 1. The van der Waals surface area contributed by atoms with Crippen molar-refractivity contribution in [2.75, 3.05) is 0 Å². The van der Waals surface area contributed by atoms with Gasteiger partial charge in [-0.2, -0.15) is 18.3 Å². The Balaban J connectivity index is 2.61. The van der Waals surface area contributed by atoms with Crippen LogP contribution in [0.3, 0.4) is 0 Å². The number of aliphatic hydroxyl groups is 1. The van der Waals surface area contributed by atoms with Crippen molar-refractivity contribution in [3.05, 3.63) is 35.0 Å². The predicted molar refractivity (Wildman–Crippen MR) is 55.1 cm³/mol. The molecule has 0 atom stereocenters. The zero-order valence-electron chi connectivity index (χ0n) is 8.69. The molecule has 0 aliphatic rings. The number of halogens is 4. The van der Waals surface area contributed by atoms with Crippen molar-refractivity contribution in [1.29, 1.82) is 0 Å². The van der Waals surface area contributed by atoms with Gasteiger partial charge in [0.2, 0.25) is 0 Å². The van der Waals surface area contributed by atoms with Crippen LogP contribution in [0.5, 0.6) is 0 Å². The second-order valence-corrected chi connectivity index (χ2v) is 3.61. The summed E-state index contributed by atoms with van der Waals surface area (Å²) in [4.78, 5) is 7.37. The van der Waals surface area contributed by atoms with E-state index >= 15 is 0 Å². The maximum atomic E-state index is 12.7. The maximum absolute atomic E-state index is 12.7. The van der Waals surface area contributed by atoms with E-state index in [2.05, 4.69) is 15.1 Å². The van der Waals surface area contributed by atoms with Crippen LogP contribution in [0.4, 0.5) is 13.2 Å². The zero-order chi connectivity index (χ0) is 13.3. The Labute approximate surface area is 104 Å². The minimum Gasteiger partial charge on any atom is -0.391 e. The Kier molecular flexibility index (Phi) is 3.22. The minimum absolute atomic E-state index is 0.0835. The average Bonchev–Trinajstić information content (AvgIpc) is 2.67. The van der Waals surface area contributed by atoms with Crippen LogP contribution in [0, 0.1) is 0 Å². The number of hydrogen-bond acceptors (Lipinski definition) is 4. The van der Waals surface area contributed by atoms with E-state index in [0.29, 0.717) is 0 Å². The van der Waals surface area contributed by atoms with E-state index in [1.807, 2.05) is 0 Å². The monoisotopic (exact) mass is 278 g/mol. The summed E-state index contributed by atoms with van der Waals surface area (Å²) in [5.41, 5.74) is -1.71. The van der Waals surface area contributed by atoms with Gasteiger partial charge in [-0.3, -0.25) is 0 Å². The number of aromatic nitrogens is 4. The van der Waals surface area contributed by atoms with Crippen LogP contribution in [0.1, 0.15) is 11.3 Å². The smallest absolute Gasteiger partial charge is 0.391 e. The fourth-order valence-electron chi connectivity index (χ4n) is 1.36. The summed E-state index contributed by atoms with van der Waals surface area (Å²) < 4.78 is 38.8. The molecule has 0 saturated carbocycles. The third-order valence-corrected chi connectivity index (χ3v) is 2.52. The molecule has 96 valence electrons. The molecule has 0 aliphatic heterocycles. The lowest BCUT2D eigenvalue weighted by molar-refractivity contribution is -0.142. The fraction of sp³-hybridized carbons (Fsp3) is 0.222. The van der Waals surface area contributed by atoms with E-state index < -0.39 is 24.0 Å². The van der Waals surface area contributed by atoms with E-state index in [0.717, 1.165) is 11.0 Å². The van der Waals surface area contributed by atoms with Gasteiger partial charge in [0.25, 0.3) is 0 Å². The van der Waals surface area contributed by atoms with E-state index in [1.165, 1.54) is 12.3 Å². The predicted octanol–water partition coefficient (Wildman–Crippen LogP) is 1.83.